The van der Waals surface area contributed by atoms with E-state index in [0.29, 0.717) is 11.5 Å². The van der Waals surface area contributed by atoms with Crippen molar-refractivity contribution in [3.05, 3.63) is 23.8 Å². The minimum Gasteiger partial charge on any atom is -0.497 e. The standard InChI is InChI=1S/C14H19NO5/c1-9(2)15(8-13(16)17)14(18)11-7-10(19-3)5-6-12(11)20-4/h5-7,9H,8H2,1-4H3,(H,16,17). The van der Waals surface area contributed by atoms with E-state index in [1.54, 1.807) is 32.0 Å². The second-order valence-corrected chi connectivity index (χ2v) is 4.49. The molecule has 1 amide bonds. The van der Waals surface area contributed by atoms with Crippen molar-refractivity contribution >= 4 is 11.9 Å². The summed E-state index contributed by atoms with van der Waals surface area (Å²) in [5, 5.41) is 8.91. The number of carbonyl (C=O) groups is 2. The van der Waals surface area contributed by atoms with Crippen molar-refractivity contribution in [2.24, 2.45) is 0 Å². The molecule has 0 atom stereocenters. The van der Waals surface area contributed by atoms with Gasteiger partial charge in [0.2, 0.25) is 0 Å². The molecule has 0 unspecified atom stereocenters. The van der Waals surface area contributed by atoms with Crippen LogP contribution in [0, 0.1) is 0 Å². The van der Waals surface area contributed by atoms with Gasteiger partial charge in [0, 0.05) is 6.04 Å². The molecule has 0 saturated carbocycles. The molecule has 0 fully saturated rings. The summed E-state index contributed by atoms with van der Waals surface area (Å²) in [6.07, 6.45) is 0. The normalized spacial score (nSPS) is 10.2. The SMILES string of the molecule is COc1ccc(OC)c(C(=O)N(CC(=O)O)C(C)C)c1. The number of rotatable bonds is 6. The highest BCUT2D eigenvalue weighted by molar-refractivity contribution is 5.98. The Kier molecular flexibility index (Phi) is 5.37. The van der Waals surface area contributed by atoms with Gasteiger partial charge in [0.05, 0.1) is 19.8 Å². The molecule has 0 saturated heterocycles. The van der Waals surface area contributed by atoms with E-state index in [0.717, 1.165) is 0 Å². The minimum absolute atomic E-state index is 0.241. The van der Waals surface area contributed by atoms with E-state index < -0.39 is 11.9 Å². The number of aliphatic carboxylic acids is 1. The zero-order chi connectivity index (χ0) is 15.3. The number of carboxylic acid groups (broad SMARTS) is 1. The van der Waals surface area contributed by atoms with Gasteiger partial charge in [0.1, 0.15) is 18.0 Å². The van der Waals surface area contributed by atoms with E-state index in [9.17, 15) is 9.59 Å². The van der Waals surface area contributed by atoms with Crippen LogP contribution < -0.4 is 9.47 Å². The van der Waals surface area contributed by atoms with Crippen molar-refractivity contribution in [2.45, 2.75) is 19.9 Å². The predicted molar refractivity (Wildman–Crippen MR) is 73.4 cm³/mol. The number of amides is 1. The topological polar surface area (TPSA) is 76.1 Å². The second-order valence-electron chi connectivity index (χ2n) is 4.49. The summed E-state index contributed by atoms with van der Waals surface area (Å²) in [5.41, 5.74) is 0.279. The number of benzene rings is 1. The molecule has 0 heterocycles. The van der Waals surface area contributed by atoms with Crippen LogP contribution in [0.2, 0.25) is 0 Å². The fraction of sp³-hybridized carbons (Fsp3) is 0.429. The zero-order valence-corrected chi connectivity index (χ0v) is 12.0. The van der Waals surface area contributed by atoms with Gasteiger partial charge in [-0.25, -0.2) is 0 Å². The molecule has 0 aliphatic rings. The number of methoxy groups -OCH3 is 2. The highest BCUT2D eigenvalue weighted by Crippen LogP contribution is 2.25. The maximum atomic E-state index is 12.5. The average molecular weight is 281 g/mol. The Hall–Kier alpha value is -2.24. The van der Waals surface area contributed by atoms with Gasteiger partial charge >= 0.3 is 5.97 Å². The number of carboxylic acids is 1. The Labute approximate surface area is 117 Å². The highest BCUT2D eigenvalue weighted by Gasteiger charge is 2.24. The Morgan fingerprint density at radius 2 is 1.90 bits per heavy atom. The van der Waals surface area contributed by atoms with Crippen molar-refractivity contribution in [3.63, 3.8) is 0 Å². The van der Waals surface area contributed by atoms with Crippen LogP contribution in [0.1, 0.15) is 24.2 Å². The monoisotopic (exact) mass is 281 g/mol. The van der Waals surface area contributed by atoms with Gasteiger partial charge in [0.15, 0.2) is 0 Å². The van der Waals surface area contributed by atoms with Crippen molar-refractivity contribution in [2.75, 3.05) is 20.8 Å². The molecular formula is C14H19NO5. The van der Waals surface area contributed by atoms with Crippen LogP contribution >= 0.6 is 0 Å². The van der Waals surface area contributed by atoms with Gasteiger partial charge in [-0.2, -0.15) is 0 Å². The van der Waals surface area contributed by atoms with Crippen molar-refractivity contribution in [1.82, 2.24) is 4.90 Å². The molecular weight excluding hydrogens is 262 g/mol. The lowest BCUT2D eigenvalue weighted by molar-refractivity contribution is -0.138. The van der Waals surface area contributed by atoms with Crippen LogP contribution in [-0.2, 0) is 4.79 Å². The number of ether oxygens (including phenoxy) is 2. The quantitative estimate of drug-likeness (QED) is 0.857. The maximum Gasteiger partial charge on any atom is 0.323 e. The third-order valence-corrected chi connectivity index (χ3v) is 2.83. The Morgan fingerprint density at radius 1 is 1.25 bits per heavy atom. The zero-order valence-electron chi connectivity index (χ0n) is 12.0. The first kappa shape index (κ1) is 15.8. The molecule has 1 rings (SSSR count). The summed E-state index contributed by atoms with van der Waals surface area (Å²) in [6, 6.07) is 4.59. The number of nitrogens with zero attached hydrogens (tertiary/aromatic N) is 1. The molecule has 110 valence electrons. The maximum absolute atomic E-state index is 12.5. The lowest BCUT2D eigenvalue weighted by atomic mass is 10.1. The molecule has 0 spiro atoms. The van der Waals surface area contributed by atoms with Crippen molar-refractivity contribution in [3.8, 4) is 11.5 Å². The van der Waals surface area contributed by atoms with Crippen molar-refractivity contribution < 1.29 is 24.2 Å². The lowest BCUT2D eigenvalue weighted by Crippen LogP contribution is -2.40. The molecule has 0 aliphatic carbocycles. The Bertz CT molecular complexity index is 498. The van der Waals surface area contributed by atoms with Gasteiger partial charge in [-0.3, -0.25) is 9.59 Å². The largest absolute Gasteiger partial charge is 0.497 e. The first-order valence-electron chi connectivity index (χ1n) is 6.15. The number of hydrogen-bond acceptors (Lipinski definition) is 4. The number of hydrogen-bond donors (Lipinski definition) is 1. The van der Waals surface area contributed by atoms with Crippen LogP contribution in [0.15, 0.2) is 18.2 Å². The smallest absolute Gasteiger partial charge is 0.323 e. The fourth-order valence-corrected chi connectivity index (χ4v) is 1.77. The molecule has 6 heteroatoms. The first-order chi connectivity index (χ1) is 9.40. The molecule has 0 radical (unpaired) electrons. The van der Waals surface area contributed by atoms with Gasteiger partial charge in [-0.15, -0.1) is 0 Å². The molecule has 0 aromatic heterocycles. The Balaban J connectivity index is 3.19. The first-order valence-corrected chi connectivity index (χ1v) is 6.15. The second kappa shape index (κ2) is 6.79. The predicted octanol–water partition coefficient (Wildman–Crippen LogP) is 1.64. The van der Waals surface area contributed by atoms with Crippen LogP contribution in [0.25, 0.3) is 0 Å². The summed E-state index contributed by atoms with van der Waals surface area (Å²) in [5.74, 6) is -0.577. The van der Waals surface area contributed by atoms with Crippen LogP contribution in [0.4, 0.5) is 0 Å². The molecule has 1 N–H and O–H groups in total. The molecule has 0 aliphatic heterocycles. The summed E-state index contributed by atoms with van der Waals surface area (Å²) in [4.78, 5) is 24.6. The lowest BCUT2D eigenvalue weighted by Gasteiger charge is -2.25. The molecule has 1 aromatic carbocycles. The van der Waals surface area contributed by atoms with Gasteiger partial charge in [-0.05, 0) is 32.0 Å². The van der Waals surface area contributed by atoms with Crippen LogP contribution in [-0.4, -0.2) is 48.7 Å². The van der Waals surface area contributed by atoms with Crippen molar-refractivity contribution in [1.29, 1.82) is 0 Å². The average Bonchev–Trinajstić information content (AvgIpc) is 2.42. The molecule has 6 nitrogen and oxygen atoms in total. The minimum atomic E-state index is -1.06. The third-order valence-electron chi connectivity index (χ3n) is 2.83. The molecule has 0 bridgehead atoms. The summed E-state index contributed by atoms with van der Waals surface area (Å²) in [7, 11) is 2.95. The third kappa shape index (κ3) is 3.63. The fourth-order valence-electron chi connectivity index (χ4n) is 1.77. The highest BCUT2D eigenvalue weighted by atomic mass is 16.5. The van der Waals surface area contributed by atoms with E-state index in [2.05, 4.69) is 0 Å². The van der Waals surface area contributed by atoms with E-state index in [4.69, 9.17) is 14.6 Å². The molecule has 1 aromatic rings. The summed E-state index contributed by atoms with van der Waals surface area (Å²) >= 11 is 0. The van der Waals surface area contributed by atoms with E-state index in [1.165, 1.54) is 19.1 Å². The van der Waals surface area contributed by atoms with Gasteiger partial charge in [0.25, 0.3) is 5.91 Å². The van der Waals surface area contributed by atoms with E-state index in [1.807, 2.05) is 0 Å². The van der Waals surface area contributed by atoms with Crippen LogP contribution in [0.5, 0.6) is 11.5 Å². The Morgan fingerprint density at radius 3 is 2.35 bits per heavy atom. The summed E-state index contributed by atoms with van der Waals surface area (Å²) < 4.78 is 10.2. The van der Waals surface area contributed by atoms with Gasteiger partial charge < -0.3 is 19.5 Å². The van der Waals surface area contributed by atoms with Gasteiger partial charge in [-0.1, -0.05) is 0 Å². The van der Waals surface area contributed by atoms with Crippen LogP contribution in [0.3, 0.4) is 0 Å². The molecule has 20 heavy (non-hydrogen) atoms. The summed E-state index contributed by atoms with van der Waals surface area (Å²) in [6.45, 7) is 3.15. The van der Waals surface area contributed by atoms with E-state index >= 15 is 0 Å². The number of carbonyl (C=O) groups excluding carboxylic acids is 1. The van der Waals surface area contributed by atoms with E-state index in [-0.39, 0.29) is 18.2 Å².